The zero-order valence-electron chi connectivity index (χ0n) is 14.0. The molecule has 1 aromatic rings. The summed E-state index contributed by atoms with van der Waals surface area (Å²) >= 11 is 0. The highest BCUT2D eigenvalue weighted by Crippen LogP contribution is 2.18. The molecule has 0 spiro atoms. The summed E-state index contributed by atoms with van der Waals surface area (Å²) in [7, 11) is -4.18. The molecule has 1 atom stereocenters. The number of sulfonamides is 1. The number of amides is 1. The molecule has 0 aliphatic rings. The molecule has 0 fully saturated rings. The van der Waals surface area contributed by atoms with E-state index in [1.54, 1.807) is 20.8 Å². The van der Waals surface area contributed by atoms with Crippen molar-refractivity contribution in [3.05, 3.63) is 11.5 Å². The van der Waals surface area contributed by atoms with Gasteiger partial charge < -0.3 is 19.7 Å². The molecule has 1 rings (SSSR count). The minimum atomic E-state index is -4.18. The number of carboxylic acids is 1. The molecule has 24 heavy (non-hydrogen) atoms. The Bertz CT molecular complexity index is 699. The number of carboxylic acid groups (broad SMARTS) is 1. The van der Waals surface area contributed by atoms with Gasteiger partial charge in [-0.25, -0.2) is 13.2 Å². The summed E-state index contributed by atoms with van der Waals surface area (Å²) in [5.74, 6) is -1.43. The predicted octanol–water partition coefficient (Wildman–Crippen LogP) is 0.548. The lowest BCUT2D eigenvalue weighted by atomic mass is 10.2. The van der Waals surface area contributed by atoms with E-state index in [1.165, 1.54) is 13.8 Å². The number of ether oxygens (including phenoxy) is 1. The Labute approximate surface area is 139 Å². The van der Waals surface area contributed by atoms with Crippen LogP contribution in [0.4, 0.5) is 4.79 Å². The van der Waals surface area contributed by atoms with Crippen molar-refractivity contribution in [2.45, 2.75) is 51.2 Å². The number of hydrogen-bond donors (Lipinski definition) is 3. The van der Waals surface area contributed by atoms with Crippen LogP contribution in [-0.2, 0) is 19.6 Å². The van der Waals surface area contributed by atoms with Crippen molar-refractivity contribution in [1.82, 2.24) is 15.2 Å². The SMILES string of the molecule is Cc1noc(C)c1S(=O)(=O)N[C@@H](CNC(=O)OC(C)(C)C)C(=O)O. The van der Waals surface area contributed by atoms with E-state index in [9.17, 15) is 18.0 Å². The van der Waals surface area contributed by atoms with Crippen LogP contribution in [0.5, 0.6) is 0 Å². The molecule has 10 nitrogen and oxygen atoms in total. The Hall–Kier alpha value is -2.14. The zero-order chi connectivity index (χ0) is 18.7. The minimum absolute atomic E-state index is 0.0317. The molecule has 0 aromatic carbocycles. The number of aromatic nitrogens is 1. The number of hydrogen-bond acceptors (Lipinski definition) is 7. The molecule has 1 heterocycles. The third-order valence-corrected chi connectivity index (χ3v) is 4.40. The van der Waals surface area contributed by atoms with Gasteiger partial charge in [0, 0.05) is 6.54 Å². The maximum atomic E-state index is 12.3. The Balaban J connectivity index is 2.84. The van der Waals surface area contributed by atoms with Crippen molar-refractivity contribution in [3.8, 4) is 0 Å². The highest BCUT2D eigenvalue weighted by molar-refractivity contribution is 7.89. The fourth-order valence-electron chi connectivity index (χ4n) is 1.78. The number of carbonyl (C=O) groups excluding carboxylic acids is 1. The van der Waals surface area contributed by atoms with Crippen molar-refractivity contribution in [2.24, 2.45) is 0 Å². The van der Waals surface area contributed by atoms with E-state index in [1.807, 2.05) is 4.72 Å². The monoisotopic (exact) mass is 363 g/mol. The number of aliphatic carboxylic acids is 1. The summed E-state index contributed by atoms with van der Waals surface area (Å²) in [4.78, 5) is 22.6. The first-order valence-corrected chi connectivity index (χ1v) is 8.46. The Morgan fingerprint density at radius 3 is 2.33 bits per heavy atom. The second-order valence-electron chi connectivity index (χ2n) is 6.05. The molecular weight excluding hydrogens is 342 g/mol. The highest BCUT2D eigenvalue weighted by Gasteiger charge is 2.30. The van der Waals surface area contributed by atoms with E-state index < -0.39 is 40.3 Å². The van der Waals surface area contributed by atoms with Crippen LogP contribution in [0.2, 0.25) is 0 Å². The van der Waals surface area contributed by atoms with E-state index in [0.717, 1.165) is 0 Å². The van der Waals surface area contributed by atoms with Crippen LogP contribution in [0.25, 0.3) is 0 Å². The third kappa shape index (κ3) is 5.49. The van der Waals surface area contributed by atoms with Crippen LogP contribution in [0, 0.1) is 13.8 Å². The third-order valence-electron chi connectivity index (χ3n) is 2.68. The smallest absolute Gasteiger partial charge is 0.407 e. The van der Waals surface area contributed by atoms with E-state index in [2.05, 4.69) is 10.5 Å². The summed E-state index contributed by atoms with van der Waals surface area (Å²) in [5.41, 5.74) is -0.664. The van der Waals surface area contributed by atoms with Gasteiger partial charge in [-0.1, -0.05) is 5.16 Å². The number of carbonyl (C=O) groups is 2. The lowest BCUT2D eigenvalue weighted by molar-refractivity contribution is -0.138. The lowest BCUT2D eigenvalue weighted by Crippen LogP contribution is -2.49. The highest BCUT2D eigenvalue weighted by atomic mass is 32.2. The van der Waals surface area contributed by atoms with E-state index in [4.69, 9.17) is 14.4 Å². The van der Waals surface area contributed by atoms with Gasteiger partial charge in [-0.2, -0.15) is 4.72 Å². The second-order valence-corrected chi connectivity index (χ2v) is 7.70. The molecule has 0 unspecified atom stereocenters. The number of nitrogens with zero attached hydrogens (tertiary/aromatic N) is 1. The fraction of sp³-hybridized carbons (Fsp3) is 0.615. The van der Waals surface area contributed by atoms with Crippen LogP contribution < -0.4 is 10.0 Å². The molecule has 0 aliphatic heterocycles. The summed E-state index contributed by atoms with van der Waals surface area (Å²) in [6, 6.07) is -1.59. The molecule has 1 amide bonds. The van der Waals surface area contributed by atoms with E-state index in [0.29, 0.717) is 0 Å². The average Bonchev–Trinajstić information content (AvgIpc) is 2.72. The maximum Gasteiger partial charge on any atom is 0.407 e. The van der Waals surface area contributed by atoms with Crippen molar-refractivity contribution >= 4 is 22.1 Å². The lowest BCUT2D eigenvalue weighted by Gasteiger charge is -2.21. The summed E-state index contributed by atoms with van der Waals surface area (Å²) in [5, 5.41) is 14.9. The van der Waals surface area contributed by atoms with Crippen LogP contribution in [0.1, 0.15) is 32.2 Å². The molecule has 1 aromatic heterocycles. The summed E-state index contributed by atoms with van der Waals surface area (Å²) in [6.07, 6.45) is -0.856. The first kappa shape index (κ1) is 19.9. The maximum absolute atomic E-state index is 12.3. The normalized spacial score (nSPS) is 13.4. The van der Waals surface area contributed by atoms with Gasteiger partial charge in [-0.05, 0) is 34.6 Å². The minimum Gasteiger partial charge on any atom is -0.480 e. The fourth-order valence-corrected chi connectivity index (χ4v) is 3.30. The van der Waals surface area contributed by atoms with Gasteiger partial charge in [0.15, 0.2) is 5.76 Å². The molecule has 0 saturated carbocycles. The first-order chi connectivity index (χ1) is 10.8. The molecular formula is C13H21N3O7S. The predicted molar refractivity (Wildman–Crippen MR) is 82.0 cm³/mol. The van der Waals surface area contributed by atoms with Crippen LogP contribution in [0.3, 0.4) is 0 Å². The molecule has 136 valence electrons. The molecule has 11 heteroatoms. The summed E-state index contributed by atoms with van der Waals surface area (Å²) < 4.78 is 36.3. The van der Waals surface area contributed by atoms with E-state index in [-0.39, 0.29) is 16.3 Å². The van der Waals surface area contributed by atoms with Crippen LogP contribution in [-0.4, -0.2) is 48.9 Å². The molecule has 0 saturated heterocycles. The quantitative estimate of drug-likeness (QED) is 0.663. The molecule has 3 N–H and O–H groups in total. The number of alkyl carbamates (subject to hydrolysis) is 1. The summed E-state index contributed by atoms with van der Waals surface area (Å²) in [6.45, 7) is 7.24. The molecule has 0 radical (unpaired) electrons. The largest absolute Gasteiger partial charge is 0.480 e. The Kier molecular flexibility index (Phi) is 5.95. The zero-order valence-corrected chi connectivity index (χ0v) is 14.9. The molecule has 0 bridgehead atoms. The van der Waals surface area contributed by atoms with Gasteiger partial charge in [0.2, 0.25) is 10.0 Å². The second kappa shape index (κ2) is 7.18. The van der Waals surface area contributed by atoms with Crippen molar-refractivity contribution in [3.63, 3.8) is 0 Å². The Morgan fingerprint density at radius 2 is 1.92 bits per heavy atom. The van der Waals surface area contributed by atoms with Gasteiger partial charge in [0.1, 0.15) is 22.2 Å². The van der Waals surface area contributed by atoms with Gasteiger partial charge in [-0.15, -0.1) is 0 Å². The van der Waals surface area contributed by atoms with Crippen molar-refractivity contribution in [2.75, 3.05) is 6.54 Å². The van der Waals surface area contributed by atoms with Crippen molar-refractivity contribution in [1.29, 1.82) is 0 Å². The van der Waals surface area contributed by atoms with Crippen LogP contribution in [0.15, 0.2) is 9.42 Å². The standard InChI is InChI=1S/C13H21N3O7S/c1-7-10(8(2)23-15-7)24(20,21)16-9(11(17)18)6-14-12(19)22-13(3,4)5/h9,16H,6H2,1-5H3,(H,14,19)(H,17,18)/t9-/m0/s1. The number of nitrogens with one attached hydrogen (secondary N) is 2. The van der Waals surface area contributed by atoms with Gasteiger partial charge in [0.05, 0.1) is 0 Å². The van der Waals surface area contributed by atoms with Gasteiger partial charge in [0.25, 0.3) is 0 Å². The van der Waals surface area contributed by atoms with Crippen LogP contribution >= 0.6 is 0 Å². The van der Waals surface area contributed by atoms with Gasteiger partial charge in [-0.3, -0.25) is 4.79 Å². The topological polar surface area (TPSA) is 148 Å². The van der Waals surface area contributed by atoms with E-state index >= 15 is 0 Å². The molecule has 0 aliphatic carbocycles. The van der Waals surface area contributed by atoms with Crippen molar-refractivity contribution < 1.29 is 32.4 Å². The number of rotatable bonds is 6. The Morgan fingerprint density at radius 1 is 1.33 bits per heavy atom. The number of aryl methyl sites for hydroxylation is 2. The first-order valence-electron chi connectivity index (χ1n) is 6.98. The average molecular weight is 363 g/mol. The van der Waals surface area contributed by atoms with Gasteiger partial charge >= 0.3 is 12.1 Å².